The topological polar surface area (TPSA) is 58.6 Å². The van der Waals surface area contributed by atoms with E-state index in [4.69, 9.17) is 4.74 Å². The molecule has 0 bridgehead atoms. The van der Waals surface area contributed by atoms with E-state index >= 15 is 0 Å². The van der Waals surface area contributed by atoms with Gasteiger partial charge in [0.1, 0.15) is 5.75 Å². The van der Waals surface area contributed by atoms with Crippen molar-refractivity contribution in [2.45, 2.75) is 0 Å². The second-order valence-corrected chi connectivity index (χ2v) is 3.64. The van der Waals surface area contributed by atoms with Crippen LogP contribution in [0.3, 0.4) is 0 Å². The number of carbonyl (C=O) groups excluding carboxylic acids is 2. The highest BCUT2D eigenvalue weighted by Gasteiger charge is 2.26. The molecule has 1 fully saturated rings. The lowest BCUT2D eigenvalue weighted by Crippen LogP contribution is -2.37. The van der Waals surface area contributed by atoms with E-state index in [1.54, 1.807) is 0 Å². The van der Waals surface area contributed by atoms with E-state index in [9.17, 15) is 18.4 Å². The number of carbonyl (C=O) groups is 2. The highest BCUT2D eigenvalue weighted by atomic mass is 19.2. The number of hydrogen-bond donors (Lipinski definition) is 1. The normalized spacial score (nSPS) is 14.6. The van der Waals surface area contributed by atoms with E-state index < -0.39 is 30.2 Å². The number of benzene rings is 1. The first-order valence-electron chi connectivity index (χ1n) is 5.24. The third-order valence-corrected chi connectivity index (χ3v) is 2.41. The van der Waals surface area contributed by atoms with Crippen LogP contribution in [0.2, 0.25) is 0 Å². The summed E-state index contributed by atoms with van der Waals surface area (Å²) in [6, 6.07) is 2.47. The van der Waals surface area contributed by atoms with Crippen molar-refractivity contribution in [3.8, 4) is 5.75 Å². The molecule has 0 atom stereocenters. The molecule has 1 aliphatic rings. The lowest BCUT2D eigenvalue weighted by Gasteiger charge is -2.12. The van der Waals surface area contributed by atoms with E-state index in [0.29, 0.717) is 6.54 Å². The van der Waals surface area contributed by atoms with Crippen molar-refractivity contribution in [1.29, 1.82) is 0 Å². The van der Waals surface area contributed by atoms with Gasteiger partial charge in [-0.3, -0.25) is 9.69 Å². The quantitative estimate of drug-likeness (QED) is 0.874. The van der Waals surface area contributed by atoms with E-state index in [2.05, 4.69) is 5.32 Å². The molecule has 1 aromatic carbocycles. The smallest absolute Gasteiger partial charge is 0.324 e. The van der Waals surface area contributed by atoms with Crippen molar-refractivity contribution in [3.63, 3.8) is 0 Å². The summed E-state index contributed by atoms with van der Waals surface area (Å²) in [5, 5.41) is 2.47. The summed E-state index contributed by atoms with van der Waals surface area (Å²) >= 11 is 0. The molecule has 0 unspecified atom stereocenters. The molecule has 0 aromatic heterocycles. The van der Waals surface area contributed by atoms with Crippen molar-refractivity contribution >= 4 is 11.9 Å². The van der Waals surface area contributed by atoms with Crippen molar-refractivity contribution in [1.82, 2.24) is 10.2 Å². The average Bonchev–Trinajstić information content (AvgIpc) is 2.77. The number of amides is 3. The zero-order chi connectivity index (χ0) is 13.1. The third-order valence-electron chi connectivity index (χ3n) is 2.41. The fourth-order valence-corrected chi connectivity index (χ4v) is 1.50. The number of imide groups is 1. The van der Waals surface area contributed by atoms with E-state index in [0.717, 1.165) is 17.0 Å². The first-order valence-corrected chi connectivity index (χ1v) is 5.24. The lowest BCUT2D eigenvalue weighted by atomic mass is 10.3. The van der Waals surface area contributed by atoms with Crippen LogP contribution in [0, 0.1) is 11.6 Å². The minimum Gasteiger partial charge on any atom is -0.484 e. The number of nitrogens with one attached hydrogen (secondary N) is 1. The van der Waals surface area contributed by atoms with Gasteiger partial charge in [0.05, 0.1) is 0 Å². The molecular weight excluding hydrogens is 246 g/mol. The van der Waals surface area contributed by atoms with Gasteiger partial charge >= 0.3 is 6.03 Å². The predicted molar refractivity (Wildman–Crippen MR) is 57.0 cm³/mol. The first kappa shape index (κ1) is 12.3. The fourth-order valence-electron chi connectivity index (χ4n) is 1.50. The second kappa shape index (κ2) is 4.99. The Morgan fingerprint density at radius 3 is 2.78 bits per heavy atom. The number of urea groups is 1. The average molecular weight is 256 g/mol. The molecule has 1 saturated heterocycles. The van der Waals surface area contributed by atoms with Crippen LogP contribution >= 0.6 is 0 Å². The van der Waals surface area contributed by atoms with Crippen molar-refractivity contribution in [3.05, 3.63) is 29.8 Å². The Hall–Kier alpha value is -2.18. The van der Waals surface area contributed by atoms with Crippen LogP contribution in [0.4, 0.5) is 13.6 Å². The summed E-state index contributed by atoms with van der Waals surface area (Å²) in [7, 11) is 0. The van der Waals surface area contributed by atoms with Gasteiger partial charge in [0, 0.05) is 19.2 Å². The van der Waals surface area contributed by atoms with Gasteiger partial charge < -0.3 is 10.1 Å². The number of ether oxygens (including phenoxy) is 1. The molecule has 1 aliphatic heterocycles. The SMILES string of the molecule is O=C(COc1ccc(F)c(F)c1)N1CCNC1=O. The molecule has 5 nitrogen and oxygen atoms in total. The number of halogens is 2. The van der Waals surface area contributed by atoms with Gasteiger partial charge in [-0.2, -0.15) is 0 Å². The van der Waals surface area contributed by atoms with Gasteiger partial charge in [0.25, 0.3) is 5.91 Å². The summed E-state index contributed by atoms with van der Waals surface area (Å²) in [4.78, 5) is 23.7. The fraction of sp³-hybridized carbons (Fsp3) is 0.273. The van der Waals surface area contributed by atoms with E-state index in [1.165, 1.54) is 6.07 Å². The molecule has 18 heavy (non-hydrogen) atoms. The Morgan fingerprint density at radius 2 is 2.17 bits per heavy atom. The lowest BCUT2D eigenvalue weighted by molar-refractivity contribution is -0.129. The molecular formula is C11H10F2N2O3. The van der Waals surface area contributed by atoms with Gasteiger partial charge in [-0.25, -0.2) is 13.6 Å². The molecule has 1 aromatic rings. The monoisotopic (exact) mass is 256 g/mol. The molecule has 96 valence electrons. The molecule has 7 heteroatoms. The van der Waals surface area contributed by atoms with Crippen LogP contribution in [0.1, 0.15) is 0 Å². The van der Waals surface area contributed by atoms with Gasteiger partial charge in [0.15, 0.2) is 18.2 Å². The van der Waals surface area contributed by atoms with E-state index in [1.807, 2.05) is 0 Å². The zero-order valence-electron chi connectivity index (χ0n) is 9.28. The van der Waals surface area contributed by atoms with Crippen LogP contribution in [-0.2, 0) is 4.79 Å². The molecule has 2 rings (SSSR count). The van der Waals surface area contributed by atoms with E-state index in [-0.39, 0.29) is 12.3 Å². The summed E-state index contributed by atoms with van der Waals surface area (Å²) in [6.45, 7) is 0.271. The minimum atomic E-state index is -1.06. The van der Waals surface area contributed by atoms with Crippen molar-refractivity contribution in [2.75, 3.05) is 19.7 Å². The maximum Gasteiger partial charge on any atom is 0.324 e. The van der Waals surface area contributed by atoms with Crippen LogP contribution in [0.15, 0.2) is 18.2 Å². The highest BCUT2D eigenvalue weighted by Crippen LogP contribution is 2.15. The predicted octanol–water partition coefficient (Wildman–Crippen LogP) is 0.895. The Labute approximate surface area is 101 Å². The largest absolute Gasteiger partial charge is 0.484 e. The molecule has 0 spiro atoms. The second-order valence-electron chi connectivity index (χ2n) is 3.64. The van der Waals surface area contributed by atoms with Crippen LogP contribution < -0.4 is 10.1 Å². The summed E-state index contributed by atoms with van der Waals surface area (Å²) in [6.07, 6.45) is 0. The zero-order valence-corrected chi connectivity index (χ0v) is 9.28. The molecule has 1 N–H and O–H groups in total. The number of nitrogens with zero attached hydrogens (tertiary/aromatic N) is 1. The Bertz CT molecular complexity index is 493. The molecule has 0 saturated carbocycles. The van der Waals surface area contributed by atoms with Crippen LogP contribution in [0.25, 0.3) is 0 Å². The molecule has 3 amide bonds. The number of rotatable bonds is 3. The number of hydrogen-bond acceptors (Lipinski definition) is 3. The minimum absolute atomic E-state index is 0.0295. The standard InChI is InChI=1S/C11H10F2N2O3/c12-8-2-1-7(5-9(8)13)18-6-10(16)15-4-3-14-11(15)17/h1-2,5H,3-4,6H2,(H,14,17). The van der Waals surface area contributed by atoms with Gasteiger partial charge in [0.2, 0.25) is 0 Å². The van der Waals surface area contributed by atoms with Gasteiger partial charge in [-0.05, 0) is 12.1 Å². The molecule has 0 radical (unpaired) electrons. The summed E-state index contributed by atoms with van der Waals surface area (Å²) in [5.41, 5.74) is 0. The maximum absolute atomic E-state index is 12.9. The van der Waals surface area contributed by atoms with Crippen LogP contribution in [0.5, 0.6) is 5.75 Å². The molecule has 1 heterocycles. The van der Waals surface area contributed by atoms with Crippen molar-refractivity contribution in [2.24, 2.45) is 0 Å². The Balaban J connectivity index is 1.93. The first-order chi connectivity index (χ1) is 8.58. The Morgan fingerprint density at radius 1 is 1.39 bits per heavy atom. The van der Waals surface area contributed by atoms with Crippen molar-refractivity contribution < 1.29 is 23.1 Å². The summed E-state index contributed by atoms with van der Waals surface area (Å²) < 4.78 is 30.5. The van der Waals surface area contributed by atoms with Gasteiger partial charge in [-0.15, -0.1) is 0 Å². The highest BCUT2D eigenvalue weighted by molar-refractivity contribution is 5.96. The van der Waals surface area contributed by atoms with Crippen LogP contribution in [-0.4, -0.2) is 36.5 Å². The van der Waals surface area contributed by atoms with Gasteiger partial charge in [-0.1, -0.05) is 0 Å². The third kappa shape index (κ3) is 2.55. The summed E-state index contributed by atoms with van der Waals surface area (Å²) in [5.74, 6) is -2.55. The molecule has 0 aliphatic carbocycles. The Kier molecular flexibility index (Phi) is 3.40. The maximum atomic E-state index is 12.9.